The van der Waals surface area contributed by atoms with Gasteiger partial charge in [-0.3, -0.25) is 4.79 Å². The number of carbonyl (C=O) groups is 1. The van der Waals surface area contributed by atoms with Gasteiger partial charge < -0.3 is 0 Å². The second kappa shape index (κ2) is 4.64. The molecule has 0 atom stereocenters. The van der Waals surface area contributed by atoms with Gasteiger partial charge in [0.2, 0.25) is 0 Å². The summed E-state index contributed by atoms with van der Waals surface area (Å²) in [6.07, 6.45) is 1.24. The fourth-order valence-corrected chi connectivity index (χ4v) is 0.736. The molecule has 0 N–H and O–H groups in total. The van der Waals surface area contributed by atoms with Crippen LogP contribution < -0.4 is 0 Å². The molecule has 14 heavy (non-hydrogen) atoms. The summed E-state index contributed by atoms with van der Waals surface area (Å²) in [6.45, 7) is 12.2. The van der Waals surface area contributed by atoms with E-state index in [9.17, 15) is 4.79 Å². The molecule has 0 aromatic heterocycles. The van der Waals surface area contributed by atoms with Crippen molar-refractivity contribution in [1.82, 2.24) is 0 Å². The van der Waals surface area contributed by atoms with Crippen LogP contribution in [0, 0.1) is 22.7 Å². The maximum Gasteiger partial charge on any atom is 0.150 e. The molecule has 0 aromatic rings. The van der Waals surface area contributed by atoms with Crippen molar-refractivity contribution in [2.75, 3.05) is 0 Å². The highest BCUT2D eigenvalue weighted by Crippen LogP contribution is 2.18. The minimum atomic E-state index is -0.254. The van der Waals surface area contributed by atoms with Crippen LogP contribution in [0.2, 0.25) is 0 Å². The highest BCUT2D eigenvalue weighted by atomic mass is 16.1. The fraction of sp³-hybridized carbons (Fsp3) is 0.769. The van der Waals surface area contributed by atoms with Gasteiger partial charge in [0.25, 0.3) is 0 Å². The van der Waals surface area contributed by atoms with Crippen molar-refractivity contribution in [2.45, 2.75) is 54.4 Å². The minimum absolute atomic E-state index is 0.221. The average Bonchev–Trinajstić information content (AvgIpc) is 1.93. The third kappa shape index (κ3) is 6.71. The number of rotatable bonds is 1. The SMILES string of the molecule is CC(C)(C)CC#CCC(=O)C(C)(C)C. The normalized spacial score (nSPS) is 11.9. The fourth-order valence-electron chi connectivity index (χ4n) is 0.736. The van der Waals surface area contributed by atoms with Crippen LogP contribution in [0.3, 0.4) is 0 Å². The average molecular weight is 194 g/mol. The van der Waals surface area contributed by atoms with Gasteiger partial charge in [-0.05, 0) is 5.41 Å². The van der Waals surface area contributed by atoms with Gasteiger partial charge >= 0.3 is 0 Å². The predicted octanol–water partition coefficient (Wildman–Crippen LogP) is 3.43. The molecule has 0 aliphatic heterocycles. The summed E-state index contributed by atoms with van der Waals surface area (Å²) in [4.78, 5) is 11.5. The van der Waals surface area contributed by atoms with E-state index in [-0.39, 0.29) is 16.6 Å². The second-order valence-corrected chi connectivity index (χ2v) is 5.94. The molecule has 0 saturated carbocycles. The van der Waals surface area contributed by atoms with Crippen molar-refractivity contribution in [3.05, 3.63) is 0 Å². The summed E-state index contributed by atoms with van der Waals surface area (Å²) >= 11 is 0. The third-order valence-corrected chi connectivity index (χ3v) is 1.83. The second-order valence-electron chi connectivity index (χ2n) is 5.94. The Balaban J connectivity index is 4.01. The van der Waals surface area contributed by atoms with Gasteiger partial charge in [0, 0.05) is 11.8 Å². The third-order valence-electron chi connectivity index (χ3n) is 1.83. The maximum atomic E-state index is 11.5. The van der Waals surface area contributed by atoms with Gasteiger partial charge in [-0.1, -0.05) is 47.5 Å². The molecule has 0 heterocycles. The number of carbonyl (C=O) groups excluding carboxylic acids is 1. The first-order chi connectivity index (χ1) is 6.13. The molecule has 0 radical (unpaired) electrons. The Bertz CT molecular complexity index is 250. The highest BCUT2D eigenvalue weighted by molar-refractivity contribution is 5.85. The number of hydrogen-bond acceptors (Lipinski definition) is 1. The van der Waals surface area contributed by atoms with E-state index < -0.39 is 0 Å². The zero-order chi connectivity index (χ0) is 11.4. The number of Topliss-reactive ketones (excluding diaryl/α,β-unsaturated/α-hetero) is 1. The van der Waals surface area contributed by atoms with E-state index in [1.165, 1.54) is 0 Å². The van der Waals surface area contributed by atoms with Gasteiger partial charge in [-0.25, -0.2) is 0 Å². The largest absolute Gasteiger partial charge is 0.298 e. The number of hydrogen-bond donors (Lipinski definition) is 0. The lowest BCUT2D eigenvalue weighted by Gasteiger charge is -2.14. The summed E-state index contributed by atoms with van der Waals surface area (Å²) in [5.74, 6) is 6.23. The van der Waals surface area contributed by atoms with Gasteiger partial charge in [-0.2, -0.15) is 0 Å². The smallest absolute Gasteiger partial charge is 0.150 e. The van der Waals surface area contributed by atoms with E-state index in [2.05, 4.69) is 32.6 Å². The van der Waals surface area contributed by atoms with Gasteiger partial charge in [0.15, 0.2) is 0 Å². The van der Waals surface area contributed by atoms with Crippen LogP contribution in [0.5, 0.6) is 0 Å². The first-order valence-corrected chi connectivity index (χ1v) is 5.12. The molecule has 0 aromatic carbocycles. The van der Waals surface area contributed by atoms with Crippen LogP contribution >= 0.6 is 0 Å². The molecule has 0 aliphatic carbocycles. The summed E-state index contributed by atoms with van der Waals surface area (Å²) in [6, 6.07) is 0. The number of ketones is 1. The van der Waals surface area contributed by atoms with E-state index in [1.807, 2.05) is 20.8 Å². The predicted molar refractivity (Wildman–Crippen MR) is 60.9 cm³/mol. The zero-order valence-corrected chi connectivity index (χ0v) is 10.3. The monoisotopic (exact) mass is 194 g/mol. The molecule has 0 saturated heterocycles. The topological polar surface area (TPSA) is 17.1 Å². The highest BCUT2D eigenvalue weighted by Gasteiger charge is 2.19. The molecule has 0 bridgehead atoms. The van der Waals surface area contributed by atoms with E-state index in [0.29, 0.717) is 6.42 Å². The van der Waals surface area contributed by atoms with Crippen molar-refractivity contribution >= 4 is 5.78 Å². The molecule has 80 valence electrons. The molecule has 0 amide bonds. The molecular formula is C13H22O. The molecule has 0 spiro atoms. The summed E-state index contributed by atoms with van der Waals surface area (Å²) in [5.41, 5.74) is -0.0197. The standard InChI is InChI=1S/C13H22O/c1-12(2,3)10-8-7-9-11(14)13(4,5)6/h9-10H2,1-6H3. The Labute approximate surface area is 88.3 Å². The van der Waals surface area contributed by atoms with Gasteiger partial charge in [0.1, 0.15) is 5.78 Å². The Morgan fingerprint density at radius 1 is 1.00 bits per heavy atom. The Morgan fingerprint density at radius 2 is 1.50 bits per heavy atom. The first-order valence-electron chi connectivity index (χ1n) is 5.12. The summed E-state index contributed by atoms with van der Waals surface area (Å²) in [7, 11) is 0. The first kappa shape index (κ1) is 13.2. The molecule has 0 fully saturated rings. The summed E-state index contributed by atoms with van der Waals surface area (Å²) < 4.78 is 0. The van der Waals surface area contributed by atoms with Crippen molar-refractivity contribution in [3.63, 3.8) is 0 Å². The van der Waals surface area contributed by atoms with Gasteiger partial charge in [0.05, 0.1) is 6.42 Å². The van der Waals surface area contributed by atoms with Crippen LogP contribution in [0.4, 0.5) is 0 Å². The molecule has 1 heteroatoms. The van der Waals surface area contributed by atoms with Crippen LogP contribution in [-0.2, 0) is 4.79 Å². The Morgan fingerprint density at radius 3 is 1.86 bits per heavy atom. The lowest BCUT2D eigenvalue weighted by atomic mass is 9.89. The molecule has 0 rings (SSSR count). The summed E-state index contributed by atoms with van der Waals surface area (Å²) in [5, 5.41) is 0. The van der Waals surface area contributed by atoms with Crippen LogP contribution in [-0.4, -0.2) is 5.78 Å². The van der Waals surface area contributed by atoms with Crippen molar-refractivity contribution in [3.8, 4) is 11.8 Å². The lowest BCUT2D eigenvalue weighted by Crippen LogP contribution is -2.19. The van der Waals surface area contributed by atoms with Crippen molar-refractivity contribution in [1.29, 1.82) is 0 Å². The van der Waals surface area contributed by atoms with Gasteiger partial charge in [-0.15, -0.1) is 5.92 Å². The molecule has 0 aliphatic rings. The quantitative estimate of drug-likeness (QED) is 0.584. The van der Waals surface area contributed by atoms with E-state index in [0.717, 1.165) is 6.42 Å². The van der Waals surface area contributed by atoms with Crippen LogP contribution in [0.25, 0.3) is 0 Å². The Hall–Kier alpha value is -0.770. The van der Waals surface area contributed by atoms with Crippen molar-refractivity contribution < 1.29 is 4.79 Å². The van der Waals surface area contributed by atoms with E-state index >= 15 is 0 Å². The molecular weight excluding hydrogens is 172 g/mol. The zero-order valence-electron chi connectivity index (χ0n) is 10.3. The lowest BCUT2D eigenvalue weighted by molar-refractivity contribution is -0.125. The van der Waals surface area contributed by atoms with Crippen LogP contribution in [0.1, 0.15) is 54.4 Å². The molecule has 0 unspecified atom stereocenters. The Kier molecular flexibility index (Phi) is 4.39. The van der Waals surface area contributed by atoms with Crippen molar-refractivity contribution in [2.24, 2.45) is 10.8 Å². The minimum Gasteiger partial charge on any atom is -0.298 e. The molecule has 1 nitrogen and oxygen atoms in total. The maximum absolute atomic E-state index is 11.5. The van der Waals surface area contributed by atoms with E-state index in [1.54, 1.807) is 0 Å². The van der Waals surface area contributed by atoms with Crippen LogP contribution in [0.15, 0.2) is 0 Å². The van der Waals surface area contributed by atoms with E-state index in [4.69, 9.17) is 0 Å².